The molecule has 1 amide bonds. The summed E-state index contributed by atoms with van der Waals surface area (Å²) in [6, 6.07) is 3.76. The minimum absolute atomic E-state index is 0.0138. The van der Waals surface area contributed by atoms with E-state index in [1.165, 1.54) is 6.33 Å². The van der Waals surface area contributed by atoms with Crippen molar-refractivity contribution in [1.82, 2.24) is 19.9 Å². The van der Waals surface area contributed by atoms with E-state index in [-0.39, 0.29) is 5.91 Å². The van der Waals surface area contributed by atoms with Crippen molar-refractivity contribution in [3.63, 3.8) is 0 Å². The number of aryl methyl sites for hydroxylation is 1. The highest BCUT2D eigenvalue weighted by molar-refractivity contribution is 5.94. The quantitative estimate of drug-likeness (QED) is 0.862. The molecule has 6 heteroatoms. The molecule has 0 aromatic carbocycles. The second-order valence-corrected chi connectivity index (χ2v) is 5.49. The predicted octanol–water partition coefficient (Wildman–Crippen LogP) is 1.68. The van der Waals surface area contributed by atoms with Gasteiger partial charge >= 0.3 is 0 Å². The zero-order chi connectivity index (χ0) is 16.2. The van der Waals surface area contributed by atoms with Gasteiger partial charge in [-0.05, 0) is 25.0 Å². The molecule has 2 aromatic rings. The van der Waals surface area contributed by atoms with Crippen LogP contribution in [-0.2, 0) is 19.3 Å². The molecule has 120 valence electrons. The molecule has 0 fully saturated rings. The van der Waals surface area contributed by atoms with Crippen LogP contribution in [0, 0.1) is 0 Å². The van der Waals surface area contributed by atoms with Crippen LogP contribution in [0.5, 0.6) is 5.88 Å². The number of rotatable bonds is 3. The third-order valence-corrected chi connectivity index (χ3v) is 4.16. The van der Waals surface area contributed by atoms with Crippen LogP contribution < -0.4 is 4.74 Å². The first kappa shape index (κ1) is 15.4. The van der Waals surface area contributed by atoms with Crippen molar-refractivity contribution in [3.8, 4) is 5.88 Å². The first-order chi connectivity index (χ1) is 11.2. The first-order valence-electron chi connectivity index (χ1n) is 7.84. The Morgan fingerprint density at radius 2 is 2.04 bits per heavy atom. The van der Waals surface area contributed by atoms with E-state index in [9.17, 15) is 4.79 Å². The number of pyridine rings is 1. The van der Waals surface area contributed by atoms with Crippen molar-refractivity contribution in [1.29, 1.82) is 0 Å². The summed E-state index contributed by atoms with van der Waals surface area (Å²) in [6.07, 6.45) is 5.46. The molecular formula is C17H20N4O2. The van der Waals surface area contributed by atoms with Crippen molar-refractivity contribution in [2.75, 3.05) is 20.2 Å². The number of nitrogens with zero attached hydrogens (tertiary/aromatic N) is 4. The molecular weight excluding hydrogens is 292 g/mol. The lowest BCUT2D eigenvalue weighted by Crippen LogP contribution is -2.33. The number of amides is 1. The van der Waals surface area contributed by atoms with E-state index in [2.05, 4.69) is 15.0 Å². The smallest absolute Gasteiger partial charge is 0.255 e. The van der Waals surface area contributed by atoms with Gasteiger partial charge in [-0.2, -0.15) is 0 Å². The fourth-order valence-corrected chi connectivity index (χ4v) is 2.82. The molecule has 1 aliphatic heterocycles. The van der Waals surface area contributed by atoms with Gasteiger partial charge in [0.1, 0.15) is 6.33 Å². The van der Waals surface area contributed by atoms with Crippen LogP contribution in [0.1, 0.15) is 34.2 Å². The normalized spacial score (nSPS) is 14.1. The molecule has 0 unspecified atom stereocenters. The van der Waals surface area contributed by atoms with Crippen molar-refractivity contribution in [2.45, 2.75) is 26.2 Å². The van der Waals surface area contributed by atoms with Gasteiger partial charge in [-0.25, -0.2) is 9.97 Å². The summed E-state index contributed by atoms with van der Waals surface area (Å²) in [6.45, 7) is 3.32. The molecule has 0 spiro atoms. The van der Waals surface area contributed by atoms with Crippen LogP contribution in [0.3, 0.4) is 0 Å². The number of methoxy groups -OCH3 is 1. The minimum atomic E-state index is 0.0138. The van der Waals surface area contributed by atoms with E-state index >= 15 is 0 Å². The molecule has 0 N–H and O–H groups in total. The molecule has 0 radical (unpaired) electrons. The Kier molecular flexibility index (Phi) is 4.50. The van der Waals surface area contributed by atoms with Gasteiger partial charge in [0.2, 0.25) is 5.88 Å². The highest BCUT2D eigenvalue weighted by Gasteiger charge is 2.23. The van der Waals surface area contributed by atoms with Crippen LogP contribution in [0.4, 0.5) is 0 Å². The molecule has 2 aromatic heterocycles. The van der Waals surface area contributed by atoms with E-state index in [4.69, 9.17) is 4.74 Å². The van der Waals surface area contributed by atoms with Crippen LogP contribution in [0.25, 0.3) is 0 Å². The Morgan fingerprint density at radius 3 is 2.74 bits per heavy atom. The molecule has 3 heterocycles. The maximum absolute atomic E-state index is 12.7. The van der Waals surface area contributed by atoms with Crippen LogP contribution in [-0.4, -0.2) is 46.0 Å². The molecule has 3 rings (SSSR count). The second kappa shape index (κ2) is 6.73. The van der Waals surface area contributed by atoms with E-state index in [1.807, 2.05) is 24.0 Å². The zero-order valence-electron chi connectivity index (χ0n) is 13.5. The molecule has 0 saturated carbocycles. The van der Waals surface area contributed by atoms with Crippen molar-refractivity contribution >= 4 is 5.91 Å². The summed E-state index contributed by atoms with van der Waals surface area (Å²) in [4.78, 5) is 27.3. The Bertz CT molecular complexity index is 700. The number of ether oxygens (including phenoxy) is 1. The Hall–Kier alpha value is -2.50. The van der Waals surface area contributed by atoms with Crippen molar-refractivity contribution in [3.05, 3.63) is 47.2 Å². The molecule has 23 heavy (non-hydrogen) atoms. The molecule has 0 aliphatic carbocycles. The van der Waals surface area contributed by atoms with Crippen LogP contribution >= 0.6 is 0 Å². The van der Waals surface area contributed by atoms with Gasteiger partial charge in [-0.3, -0.25) is 9.78 Å². The number of carbonyl (C=O) groups excluding carboxylic acids is 1. The number of carbonyl (C=O) groups is 1. The predicted molar refractivity (Wildman–Crippen MR) is 85.5 cm³/mol. The minimum Gasteiger partial charge on any atom is -0.481 e. The largest absolute Gasteiger partial charge is 0.481 e. The monoisotopic (exact) mass is 312 g/mol. The van der Waals surface area contributed by atoms with Gasteiger partial charge in [0.25, 0.3) is 5.91 Å². The van der Waals surface area contributed by atoms with E-state index in [1.54, 1.807) is 13.3 Å². The average Bonchev–Trinajstić information content (AvgIpc) is 2.83. The molecule has 0 saturated heterocycles. The molecule has 1 aliphatic rings. The lowest BCUT2D eigenvalue weighted by molar-refractivity contribution is 0.0762. The van der Waals surface area contributed by atoms with Gasteiger partial charge in [0.15, 0.2) is 0 Å². The molecule has 6 nitrogen and oxygen atoms in total. The standard InChI is InChI=1S/C17H20N4O2/c1-3-13-5-4-12(10-18-13)17(22)21-8-6-14-15(7-9-21)19-11-20-16(14)23-2/h4-5,10-11H,3,6-9H2,1-2H3. The number of hydrogen-bond acceptors (Lipinski definition) is 5. The van der Waals surface area contributed by atoms with Gasteiger partial charge in [0, 0.05) is 37.0 Å². The van der Waals surface area contributed by atoms with E-state index < -0.39 is 0 Å². The summed E-state index contributed by atoms with van der Waals surface area (Å²) < 4.78 is 5.31. The summed E-state index contributed by atoms with van der Waals surface area (Å²) in [5.74, 6) is 0.623. The Balaban J connectivity index is 1.77. The number of aromatic nitrogens is 3. The fourth-order valence-electron chi connectivity index (χ4n) is 2.82. The lowest BCUT2D eigenvalue weighted by atomic mass is 10.1. The lowest BCUT2D eigenvalue weighted by Gasteiger charge is -2.20. The summed E-state index contributed by atoms with van der Waals surface area (Å²) in [5.41, 5.74) is 3.59. The third-order valence-electron chi connectivity index (χ3n) is 4.16. The number of hydrogen-bond donors (Lipinski definition) is 0. The fraction of sp³-hybridized carbons (Fsp3) is 0.412. The molecule has 0 atom stereocenters. The zero-order valence-corrected chi connectivity index (χ0v) is 13.5. The summed E-state index contributed by atoms with van der Waals surface area (Å²) >= 11 is 0. The van der Waals surface area contributed by atoms with Gasteiger partial charge in [0.05, 0.1) is 18.4 Å². The van der Waals surface area contributed by atoms with Crippen molar-refractivity contribution < 1.29 is 9.53 Å². The van der Waals surface area contributed by atoms with Crippen LogP contribution in [0.2, 0.25) is 0 Å². The van der Waals surface area contributed by atoms with Gasteiger partial charge in [-0.1, -0.05) is 6.92 Å². The third kappa shape index (κ3) is 3.16. The van der Waals surface area contributed by atoms with E-state index in [0.717, 1.165) is 23.4 Å². The maximum atomic E-state index is 12.7. The first-order valence-corrected chi connectivity index (χ1v) is 7.84. The highest BCUT2D eigenvalue weighted by Crippen LogP contribution is 2.22. The van der Waals surface area contributed by atoms with Gasteiger partial charge < -0.3 is 9.64 Å². The second-order valence-electron chi connectivity index (χ2n) is 5.49. The van der Waals surface area contributed by atoms with Crippen LogP contribution in [0.15, 0.2) is 24.7 Å². The summed E-state index contributed by atoms with van der Waals surface area (Å²) in [7, 11) is 1.61. The Morgan fingerprint density at radius 1 is 1.22 bits per heavy atom. The van der Waals surface area contributed by atoms with Gasteiger partial charge in [-0.15, -0.1) is 0 Å². The van der Waals surface area contributed by atoms with Crippen molar-refractivity contribution in [2.24, 2.45) is 0 Å². The van der Waals surface area contributed by atoms with E-state index in [0.29, 0.717) is 37.4 Å². The Labute approximate surface area is 135 Å². The topological polar surface area (TPSA) is 68.2 Å². The highest BCUT2D eigenvalue weighted by atomic mass is 16.5. The maximum Gasteiger partial charge on any atom is 0.255 e. The SMILES string of the molecule is CCc1ccc(C(=O)N2CCc3ncnc(OC)c3CC2)cn1. The number of fused-ring (bicyclic) bond motifs is 1. The average molecular weight is 312 g/mol. The summed E-state index contributed by atoms with van der Waals surface area (Å²) in [5, 5.41) is 0. The molecule has 0 bridgehead atoms.